The van der Waals surface area contributed by atoms with Gasteiger partial charge in [0.1, 0.15) is 5.76 Å². The lowest BCUT2D eigenvalue weighted by atomic mass is 9.94. The predicted molar refractivity (Wildman–Crippen MR) is 128 cm³/mol. The Hall–Kier alpha value is -2.31. The SMILES string of the molecule is CCNC(=NCc1ccccc1CN(C)Cc1ccco1)NCC(CCO)CC(C)C. The third-order valence-corrected chi connectivity index (χ3v) is 5.22. The quantitative estimate of drug-likeness (QED) is 0.332. The van der Waals surface area contributed by atoms with Crippen molar-refractivity contribution < 1.29 is 9.52 Å². The third kappa shape index (κ3) is 9.57. The topological polar surface area (TPSA) is 73.0 Å². The van der Waals surface area contributed by atoms with Gasteiger partial charge in [-0.1, -0.05) is 38.1 Å². The van der Waals surface area contributed by atoms with Gasteiger partial charge in [-0.3, -0.25) is 4.90 Å². The fourth-order valence-electron chi connectivity index (χ4n) is 3.78. The lowest BCUT2D eigenvalue weighted by Crippen LogP contribution is -2.40. The molecule has 1 aromatic heterocycles. The van der Waals surface area contributed by atoms with Gasteiger partial charge in [0, 0.05) is 26.2 Å². The summed E-state index contributed by atoms with van der Waals surface area (Å²) in [6, 6.07) is 12.4. The molecule has 3 N–H and O–H groups in total. The van der Waals surface area contributed by atoms with E-state index in [2.05, 4.69) is 67.6 Å². The molecule has 0 spiro atoms. The summed E-state index contributed by atoms with van der Waals surface area (Å²) >= 11 is 0. The Kier molecular flexibility index (Phi) is 11.2. The van der Waals surface area contributed by atoms with Crippen molar-refractivity contribution in [1.82, 2.24) is 15.5 Å². The van der Waals surface area contributed by atoms with Crippen molar-refractivity contribution in [2.24, 2.45) is 16.8 Å². The minimum absolute atomic E-state index is 0.228. The molecule has 0 aliphatic carbocycles. The van der Waals surface area contributed by atoms with Gasteiger partial charge in [-0.05, 0) is 61.9 Å². The molecule has 0 saturated heterocycles. The van der Waals surface area contributed by atoms with Gasteiger partial charge in [0.15, 0.2) is 5.96 Å². The first kappa shape index (κ1) is 25.0. The molecule has 0 amide bonds. The molecular formula is C25H40N4O2. The van der Waals surface area contributed by atoms with Crippen molar-refractivity contribution in [1.29, 1.82) is 0 Å². The summed E-state index contributed by atoms with van der Waals surface area (Å²) in [6.07, 6.45) is 3.63. The van der Waals surface area contributed by atoms with Gasteiger partial charge < -0.3 is 20.2 Å². The summed E-state index contributed by atoms with van der Waals surface area (Å²) in [5.41, 5.74) is 2.49. The maximum absolute atomic E-state index is 9.37. The van der Waals surface area contributed by atoms with Crippen molar-refractivity contribution in [2.45, 2.75) is 53.2 Å². The van der Waals surface area contributed by atoms with E-state index in [0.717, 1.165) is 50.7 Å². The average Bonchev–Trinajstić information content (AvgIpc) is 3.23. The van der Waals surface area contributed by atoms with Crippen LogP contribution < -0.4 is 10.6 Å². The van der Waals surface area contributed by atoms with Gasteiger partial charge in [-0.25, -0.2) is 4.99 Å². The highest BCUT2D eigenvalue weighted by Gasteiger charge is 2.12. The zero-order chi connectivity index (χ0) is 22.5. The number of aliphatic hydroxyl groups excluding tert-OH is 1. The van der Waals surface area contributed by atoms with Gasteiger partial charge in [0.2, 0.25) is 0 Å². The second kappa shape index (κ2) is 13.9. The molecule has 1 aromatic carbocycles. The first-order valence-corrected chi connectivity index (χ1v) is 11.4. The molecule has 0 saturated carbocycles. The Bertz CT molecular complexity index is 759. The fraction of sp³-hybridized carbons (Fsp3) is 0.560. The largest absolute Gasteiger partial charge is 0.468 e. The number of benzene rings is 1. The van der Waals surface area contributed by atoms with Crippen LogP contribution in [0, 0.1) is 11.8 Å². The molecule has 0 radical (unpaired) electrons. The highest BCUT2D eigenvalue weighted by Crippen LogP contribution is 2.16. The van der Waals surface area contributed by atoms with Gasteiger partial charge in [-0.15, -0.1) is 0 Å². The van der Waals surface area contributed by atoms with Crippen molar-refractivity contribution in [2.75, 3.05) is 26.7 Å². The number of rotatable bonds is 13. The smallest absolute Gasteiger partial charge is 0.191 e. The van der Waals surface area contributed by atoms with Crippen LogP contribution in [0.1, 0.15) is 50.5 Å². The Morgan fingerprint density at radius 1 is 1.10 bits per heavy atom. The molecule has 1 heterocycles. The zero-order valence-corrected chi connectivity index (χ0v) is 19.6. The Morgan fingerprint density at radius 3 is 2.52 bits per heavy atom. The van der Waals surface area contributed by atoms with Crippen molar-refractivity contribution in [3.8, 4) is 0 Å². The van der Waals surface area contributed by atoms with Crippen LogP contribution in [0.2, 0.25) is 0 Å². The van der Waals surface area contributed by atoms with Crippen molar-refractivity contribution >= 4 is 5.96 Å². The molecule has 6 nitrogen and oxygen atoms in total. The number of guanidine groups is 1. The monoisotopic (exact) mass is 428 g/mol. The van der Waals surface area contributed by atoms with Crippen LogP contribution in [0.25, 0.3) is 0 Å². The molecule has 1 atom stereocenters. The summed E-state index contributed by atoms with van der Waals surface area (Å²) in [6.45, 7) is 10.6. The van der Waals surface area contributed by atoms with Crippen LogP contribution >= 0.6 is 0 Å². The lowest BCUT2D eigenvalue weighted by Gasteiger charge is -2.21. The average molecular weight is 429 g/mol. The number of aliphatic imine (C=N–C) groups is 1. The second-order valence-corrected chi connectivity index (χ2v) is 8.60. The molecule has 31 heavy (non-hydrogen) atoms. The molecule has 1 unspecified atom stereocenters. The number of hydrogen-bond donors (Lipinski definition) is 3. The summed E-state index contributed by atoms with van der Waals surface area (Å²) in [5.74, 6) is 2.85. The molecule has 6 heteroatoms. The van der Waals surface area contributed by atoms with E-state index in [4.69, 9.17) is 9.41 Å². The van der Waals surface area contributed by atoms with Crippen molar-refractivity contribution in [3.05, 3.63) is 59.5 Å². The zero-order valence-electron chi connectivity index (χ0n) is 19.6. The van der Waals surface area contributed by atoms with Crippen LogP contribution in [0.3, 0.4) is 0 Å². The predicted octanol–water partition coefficient (Wildman–Crippen LogP) is 4.01. The molecule has 0 aliphatic rings. The van der Waals surface area contributed by atoms with E-state index in [9.17, 15) is 5.11 Å². The summed E-state index contributed by atoms with van der Waals surface area (Å²) in [4.78, 5) is 7.08. The highest BCUT2D eigenvalue weighted by atomic mass is 16.3. The van der Waals surface area contributed by atoms with E-state index in [0.29, 0.717) is 18.4 Å². The third-order valence-electron chi connectivity index (χ3n) is 5.22. The van der Waals surface area contributed by atoms with Gasteiger partial charge in [0.25, 0.3) is 0 Å². The molecular weight excluding hydrogens is 388 g/mol. The van der Waals surface area contributed by atoms with Crippen LogP contribution in [0.4, 0.5) is 0 Å². The maximum atomic E-state index is 9.37. The van der Waals surface area contributed by atoms with Crippen LogP contribution in [0.5, 0.6) is 0 Å². The molecule has 0 aliphatic heterocycles. The summed E-state index contributed by atoms with van der Waals surface area (Å²) < 4.78 is 5.47. The first-order valence-electron chi connectivity index (χ1n) is 11.4. The number of furan rings is 1. The standard InChI is InChI=1S/C25H40N4O2/c1-5-26-25(27-16-21(12-13-30)15-20(2)3)28-17-22-9-6-7-10-23(22)18-29(4)19-24-11-8-14-31-24/h6-11,14,20-21,30H,5,12-13,15-19H2,1-4H3,(H2,26,27,28). The second-order valence-electron chi connectivity index (χ2n) is 8.60. The van der Waals surface area contributed by atoms with Crippen LogP contribution in [-0.4, -0.2) is 42.7 Å². The Balaban J connectivity index is 1.99. The normalized spacial score (nSPS) is 13.1. The van der Waals surface area contributed by atoms with E-state index in [1.165, 1.54) is 11.1 Å². The lowest BCUT2D eigenvalue weighted by molar-refractivity contribution is 0.243. The van der Waals surface area contributed by atoms with E-state index in [-0.39, 0.29) is 6.61 Å². The first-order chi connectivity index (χ1) is 15.0. The molecule has 0 bridgehead atoms. The van der Waals surface area contributed by atoms with Crippen LogP contribution in [-0.2, 0) is 19.6 Å². The molecule has 172 valence electrons. The Labute approximate surface area is 187 Å². The molecule has 2 rings (SSSR count). The number of hydrogen-bond acceptors (Lipinski definition) is 4. The van der Waals surface area contributed by atoms with E-state index in [1.54, 1.807) is 6.26 Å². The Morgan fingerprint density at radius 2 is 1.87 bits per heavy atom. The van der Waals surface area contributed by atoms with E-state index < -0.39 is 0 Å². The van der Waals surface area contributed by atoms with Crippen molar-refractivity contribution in [3.63, 3.8) is 0 Å². The minimum Gasteiger partial charge on any atom is -0.468 e. The molecule has 2 aromatic rings. The van der Waals surface area contributed by atoms with E-state index in [1.807, 2.05) is 12.1 Å². The van der Waals surface area contributed by atoms with Crippen LogP contribution in [0.15, 0.2) is 52.1 Å². The summed E-state index contributed by atoms with van der Waals surface area (Å²) in [5, 5.41) is 16.2. The van der Waals surface area contributed by atoms with E-state index >= 15 is 0 Å². The highest BCUT2D eigenvalue weighted by molar-refractivity contribution is 5.79. The minimum atomic E-state index is 0.228. The summed E-state index contributed by atoms with van der Waals surface area (Å²) in [7, 11) is 2.10. The fourth-order valence-corrected chi connectivity index (χ4v) is 3.78. The maximum Gasteiger partial charge on any atom is 0.191 e. The number of nitrogens with one attached hydrogen (secondary N) is 2. The van der Waals surface area contributed by atoms with Gasteiger partial charge >= 0.3 is 0 Å². The van der Waals surface area contributed by atoms with Gasteiger partial charge in [-0.2, -0.15) is 0 Å². The number of aliphatic hydroxyl groups is 1. The number of nitrogens with zero attached hydrogens (tertiary/aromatic N) is 2. The molecule has 0 fully saturated rings. The van der Waals surface area contributed by atoms with Gasteiger partial charge in [0.05, 0.1) is 19.4 Å².